The molecule has 1 unspecified atom stereocenters. The summed E-state index contributed by atoms with van der Waals surface area (Å²) >= 11 is 0. The third-order valence-corrected chi connectivity index (χ3v) is 3.68. The van der Waals surface area contributed by atoms with Gasteiger partial charge in [0.05, 0.1) is 12.7 Å². The Morgan fingerprint density at radius 3 is 3.15 bits per heavy atom. The van der Waals surface area contributed by atoms with Gasteiger partial charge in [0.1, 0.15) is 5.82 Å². The molecule has 0 aliphatic carbocycles. The molecule has 2 heterocycles. The van der Waals surface area contributed by atoms with Crippen molar-refractivity contribution in [3.63, 3.8) is 0 Å². The van der Waals surface area contributed by atoms with Crippen LogP contribution >= 0.6 is 0 Å². The molecule has 1 atom stereocenters. The fourth-order valence-electron chi connectivity index (χ4n) is 2.57. The summed E-state index contributed by atoms with van der Waals surface area (Å²) in [7, 11) is 3.51. The van der Waals surface area contributed by atoms with Crippen LogP contribution in [0.1, 0.15) is 18.4 Å². The lowest BCUT2D eigenvalue weighted by Crippen LogP contribution is -2.40. The largest absolute Gasteiger partial charge is 0.383 e. The molecule has 112 valence electrons. The van der Waals surface area contributed by atoms with E-state index in [1.54, 1.807) is 14.2 Å². The van der Waals surface area contributed by atoms with Crippen LogP contribution < -0.4 is 10.2 Å². The third kappa shape index (κ3) is 4.16. The molecule has 5 nitrogen and oxygen atoms in total. The molecule has 2 rings (SSSR count). The summed E-state index contributed by atoms with van der Waals surface area (Å²) in [6.45, 7) is 4.39. The van der Waals surface area contributed by atoms with E-state index >= 15 is 0 Å². The van der Waals surface area contributed by atoms with Crippen LogP contribution in [-0.2, 0) is 16.0 Å². The Bertz CT molecular complexity index is 400. The minimum atomic E-state index is 0.319. The van der Waals surface area contributed by atoms with Crippen molar-refractivity contribution in [1.29, 1.82) is 0 Å². The molecule has 1 aliphatic rings. The molecule has 1 N–H and O–H groups in total. The highest BCUT2D eigenvalue weighted by Crippen LogP contribution is 2.22. The first-order chi connectivity index (χ1) is 9.85. The molecule has 20 heavy (non-hydrogen) atoms. The van der Waals surface area contributed by atoms with Gasteiger partial charge in [-0.25, -0.2) is 4.98 Å². The number of rotatable bonds is 7. The van der Waals surface area contributed by atoms with Gasteiger partial charge < -0.3 is 19.7 Å². The zero-order chi connectivity index (χ0) is 14.2. The van der Waals surface area contributed by atoms with Crippen molar-refractivity contribution in [1.82, 2.24) is 10.3 Å². The van der Waals surface area contributed by atoms with Crippen molar-refractivity contribution in [2.45, 2.75) is 25.5 Å². The van der Waals surface area contributed by atoms with Gasteiger partial charge in [-0.2, -0.15) is 0 Å². The number of methoxy groups -OCH3 is 2. The molecule has 0 radical (unpaired) electrons. The van der Waals surface area contributed by atoms with Gasteiger partial charge in [-0.3, -0.25) is 0 Å². The van der Waals surface area contributed by atoms with Gasteiger partial charge in [-0.15, -0.1) is 0 Å². The van der Waals surface area contributed by atoms with Gasteiger partial charge >= 0.3 is 0 Å². The van der Waals surface area contributed by atoms with Crippen LogP contribution in [-0.4, -0.2) is 51.5 Å². The average Bonchev–Trinajstić information content (AvgIpc) is 2.52. The van der Waals surface area contributed by atoms with Gasteiger partial charge in [0, 0.05) is 52.2 Å². The highest BCUT2D eigenvalue weighted by molar-refractivity contribution is 5.47. The standard InChI is InChI=1S/C15H25N3O2/c1-19-10-8-16-11-13-5-3-7-17-15(13)18-9-4-6-14(12-18)20-2/h3,5,7,14,16H,4,6,8-12H2,1-2H3. The van der Waals surface area contributed by atoms with Crippen molar-refractivity contribution in [3.05, 3.63) is 23.9 Å². The predicted molar refractivity (Wildman–Crippen MR) is 80.1 cm³/mol. The van der Waals surface area contributed by atoms with Crippen molar-refractivity contribution in [2.75, 3.05) is 45.4 Å². The van der Waals surface area contributed by atoms with Gasteiger partial charge in [-0.1, -0.05) is 6.07 Å². The smallest absolute Gasteiger partial charge is 0.133 e. The second kappa shape index (κ2) is 8.19. The number of anilines is 1. The minimum Gasteiger partial charge on any atom is -0.383 e. The van der Waals surface area contributed by atoms with Crippen LogP contribution in [0.4, 0.5) is 5.82 Å². The number of aromatic nitrogens is 1. The first-order valence-electron chi connectivity index (χ1n) is 7.26. The number of nitrogens with zero attached hydrogens (tertiary/aromatic N) is 2. The summed E-state index contributed by atoms with van der Waals surface area (Å²) in [4.78, 5) is 6.91. The van der Waals surface area contributed by atoms with E-state index in [0.717, 1.165) is 51.4 Å². The van der Waals surface area contributed by atoms with Gasteiger partial charge in [0.2, 0.25) is 0 Å². The summed E-state index contributed by atoms with van der Waals surface area (Å²) in [5, 5.41) is 3.38. The first-order valence-corrected chi connectivity index (χ1v) is 7.26. The topological polar surface area (TPSA) is 46.6 Å². The number of hydrogen-bond donors (Lipinski definition) is 1. The van der Waals surface area contributed by atoms with E-state index in [9.17, 15) is 0 Å². The van der Waals surface area contributed by atoms with Crippen LogP contribution in [0.15, 0.2) is 18.3 Å². The molecule has 0 amide bonds. The SMILES string of the molecule is COCCNCc1cccnc1N1CCCC(OC)C1. The zero-order valence-electron chi connectivity index (χ0n) is 12.5. The number of ether oxygens (including phenoxy) is 2. The maximum atomic E-state index is 5.49. The molecule has 1 fully saturated rings. The molecule has 1 aromatic heterocycles. The fraction of sp³-hybridized carbons (Fsp3) is 0.667. The van der Waals surface area contributed by atoms with E-state index in [2.05, 4.69) is 21.3 Å². The second-order valence-corrected chi connectivity index (χ2v) is 5.10. The molecule has 1 saturated heterocycles. The monoisotopic (exact) mass is 279 g/mol. The van der Waals surface area contributed by atoms with E-state index in [1.165, 1.54) is 5.56 Å². The predicted octanol–water partition coefficient (Wildman–Crippen LogP) is 1.43. The Morgan fingerprint density at radius 1 is 1.45 bits per heavy atom. The molecule has 1 aromatic rings. The van der Waals surface area contributed by atoms with Crippen LogP contribution in [0.5, 0.6) is 0 Å². The number of hydrogen-bond acceptors (Lipinski definition) is 5. The van der Waals surface area contributed by atoms with Gasteiger partial charge in [0.15, 0.2) is 0 Å². The Hall–Kier alpha value is -1.17. The van der Waals surface area contributed by atoms with Crippen molar-refractivity contribution in [3.8, 4) is 0 Å². The Morgan fingerprint density at radius 2 is 2.35 bits per heavy atom. The molecule has 0 spiro atoms. The quantitative estimate of drug-likeness (QED) is 0.765. The van der Waals surface area contributed by atoms with Crippen molar-refractivity contribution < 1.29 is 9.47 Å². The normalized spacial score (nSPS) is 19.3. The van der Waals surface area contributed by atoms with Crippen LogP contribution in [0.2, 0.25) is 0 Å². The van der Waals surface area contributed by atoms with E-state index in [-0.39, 0.29) is 0 Å². The van der Waals surface area contributed by atoms with E-state index in [1.807, 2.05) is 12.3 Å². The summed E-state index contributed by atoms with van der Waals surface area (Å²) in [5.41, 5.74) is 1.24. The second-order valence-electron chi connectivity index (χ2n) is 5.10. The van der Waals surface area contributed by atoms with Gasteiger partial charge in [0.25, 0.3) is 0 Å². The lowest BCUT2D eigenvalue weighted by atomic mass is 10.1. The van der Waals surface area contributed by atoms with E-state index in [4.69, 9.17) is 9.47 Å². The number of nitrogens with one attached hydrogen (secondary N) is 1. The molecular weight excluding hydrogens is 254 g/mol. The minimum absolute atomic E-state index is 0.319. The molecule has 1 aliphatic heterocycles. The number of pyridine rings is 1. The lowest BCUT2D eigenvalue weighted by Gasteiger charge is -2.33. The maximum Gasteiger partial charge on any atom is 0.133 e. The van der Waals surface area contributed by atoms with E-state index < -0.39 is 0 Å². The summed E-state index contributed by atoms with van der Waals surface area (Å²) in [5.74, 6) is 1.08. The molecule has 0 aromatic carbocycles. The highest BCUT2D eigenvalue weighted by atomic mass is 16.5. The van der Waals surface area contributed by atoms with E-state index in [0.29, 0.717) is 6.10 Å². The Kier molecular flexibility index (Phi) is 6.24. The van der Waals surface area contributed by atoms with Crippen molar-refractivity contribution in [2.24, 2.45) is 0 Å². The van der Waals surface area contributed by atoms with Crippen LogP contribution in [0, 0.1) is 0 Å². The van der Waals surface area contributed by atoms with Gasteiger partial charge in [-0.05, 0) is 18.9 Å². The molecule has 5 heteroatoms. The van der Waals surface area contributed by atoms with Crippen LogP contribution in [0.3, 0.4) is 0 Å². The summed E-state index contributed by atoms with van der Waals surface area (Å²) in [6, 6.07) is 4.13. The maximum absolute atomic E-state index is 5.49. The number of piperidine rings is 1. The molecule has 0 bridgehead atoms. The molecule has 0 saturated carbocycles. The fourth-order valence-corrected chi connectivity index (χ4v) is 2.57. The lowest BCUT2D eigenvalue weighted by molar-refractivity contribution is 0.0891. The molecular formula is C15H25N3O2. The highest BCUT2D eigenvalue weighted by Gasteiger charge is 2.21. The summed E-state index contributed by atoms with van der Waals surface area (Å²) in [6.07, 6.45) is 4.48. The average molecular weight is 279 g/mol. The summed E-state index contributed by atoms with van der Waals surface area (Å²) < 4.78 is 10.5. The Balaban J connectivity index is 1.99. The third-order valence-electron chi connectivity index (χ3n) is 3.68. The van der Waals surface area contributed by atoms with Crippen LogP contribution in [0.25, 0.3) is 0 Å². The first kappa shape index (κ1) is 15.2. The zero-order valence-corrected chi connectivity index (χ0v) is 12.5. The van der Waals surface area contributed by atoms with Crippen molar-refractivity contribution >= 4 is 5.82 Å². The Labute approximate surface area is 121 Å².